The molecule has 0 saturated carbocycles. The second-order valence-corrected chi connectivity index (χ2v) is 8.28. The Hall–Kier alpha value is -3.79. The van der Waals surface area contributed by atoms with Gasteiger partial charge in [0, 0.05) is 36.9 Å². The number of hydrogen-bond donors (Lipinski definition) is 2. The maximum absolute atomic E-state index is 13.5. The van der Waals surface area contributed by atoms with Crippen molar-refractivity contribution in [1.29, 1.82) is 0 Å². The van der Waals surface area contributed by atoms with Gasteiger partial charge in [-0.05, 0) is 30.6 Å². The van der Waals surface area contributed by atoms with Gasteiger partial charge in [-0.2, -0.15) is 0 Å². The second-order valence-electron chi connectivity index (χ2n) is 8.28. The predicted octanol–water partition coefficient (Wildman–Crippen LogP) is 2.48. The molecule has 1 saturated heterocycles. The number of carbonyl (C=O) groups excluding carboxylic acids is 1. The van der Waals surface area contributed by atoms with E-state index in [2.05, 4.69) is 15.3 Å². The molecule has 32 heavy (non-hydrogen) atoms. The van der Waals surface area contributed by atoms with Crippen LogP contribution in [0.1, 0.15) is 36.7 Å². The summed E-state index contributed by atoms with van der Waals surface area (Å²) in [5, 5.41) is 7.67. The number of carbonyl (C=O) groups is 1. The van der Waals surface area contributed by atoms with Gasteiger partial charge < -0.3 is 20.9 Å². The zero-order valence-electron chi connectivity index (χ0n) is 17.9. The molecule has 1 fully saturated rings. The fourth-order valence-electron chi connectivity index (χ4n) is 4.23. The van der Waals surface area contributed by atoms with Crippen LogP contribution in [0, 0.1) is 0 Å². The number of fused-ring (bicyclic) bond motifs is 1. The van der Waals surface area contributed by atoms with E-state index in [0.717, 1.165) is 12.0 Å². The number of aromatic nitrogens is 5. The lowest BCUT2D eigenvalue weighted by atomic mass is 10.1. The lowest BCUT2D eigenvalue weighted by Crippen LogP contribution is -2.32. The maximum atomic E-state index is 13.5. The van der Waals surface area contributed by atoms with Gasteiger partial charge in [0.1, 0.15) is 5.52 Å². The molecular formula is C22H24N8O2. The number of anilines is 1. The summed E-state index contributed by atoms with van der Waals surface area (Å²) in [7, 11) is 0. The Morgan fingerprint density at radius 1 is 1.19 bits per heavy atom. The van der Waals surface area contributed by atoms with Gasteiger partial charge in [-0.15, -0.1) is 0 Å². The topological polar surface area (TPSA) is 142 Å². The fraction of sp³-hybridized carbons (Fsp3) is 0.318. The van der Waals surface area contributed by atoms with Crippen LogP contribution in [-0.4, -0.2) is 54.8 Å². The van der Waals surface area contributed by atoms with E-state index in [9.17, 15) is 4.79 Å². The van der Waals surface area contributed by atoms with Crippen molar-refractivity contribution < 1.29 is 9.42 Å². The van der Waals surface area contributed by atoms with Crippen LogP contribution in [0.2, 0.25) is 0 Å². The number of nitrogens with zero attached hydrogens (tertiary/aromatic N) is 6. The van der Waals surface area contributed by atoms with Crippen LogP contribution >= 0.6 is 0 Å². The minimum absolute atomic E-state index is 0.0161. The molecule has 5 rings (SSSR count). The van der Waals surface area contributed by atoms with Crippen molar-refractivity contribution in [2.45, 2.75) is 32.4 Å². The zero-order valence-corrected chi connectivity index (χ0v) is 17.9. The molecule has 0 aliphatic carbocycles. The Balaban J connectivity index is 1.81. The van der Waals surface area contributed by atoms with Crippen LogP contribution in [0.25, 0.3) is 33.8 Å². The third-order valence-corrected chi connectivity index (χ3v) is 5.74. The van der Waals surface area contributed by atoms with Crippen LogP contribution in [0.5, 0.6) is 0 Å². The van der Waals surface area contributed by atoms with Crippen LogP contribution in [0.4, 0.5) is 5.82 Å². The van der Waals surface area contributed by atoms with Crippen molar-refractivity contribution in [3.8, 4) is 22.8 Å². The number of hydrogen-bond acceptors (Lipinski definition) is 8. The molecule has 1 aromatic carbocycles. The van der Waals surface area contributed by atoms with Gasteiger partial charge in [-0.3, -0.25) is 9.78 Å². The molecule has 1 aliphatic heterocycles. The number of pyridine rings is 1. The van der Waals surface area contributed by atoms with E-state index in [0.29, 0.717) is 46.9 Å². The molecule has 4 aromatic rings. The monoisotopic (exact) mass is 432 g/mol. The highest BCUT2D eigenvalue weighted by Gasteiger charge is 2.31. The first-order valence-electron chi connectivity index (χ1n) is 10.5. The average Bonchev–Trinajstić information content (AvgIpc) is 3.51. The highest BCUT2D eigenvalue weighted by Crippen LogP contribution is 2.36. The molecule has 1 amide bonds. The number of imidazole rings is 1. The van der Waals surface area contributed by atoms with Crippen molar-refractivity contribution in [2.24, 2.45) is 5.73 Å². The fourth-order valence-corrected chi connectivity index (χ4v) is 4.23. The summed E-state index contributed by atoms with van der Waals surface area (Å²) in [5.74, 6) is 0.496. The standard InChI is InChI=1S/C22H24N8O2/c1-12(2)30-19-15(22(31)29-9-8-14(23)11-29)10-25-16(13-6-4-3-5-7-13)17(19)26-21(30)18-20(24)28-32-27-18/h3-7,10,12,14H,8-9,11,23H2,1-2H3,(H2,24,28). The molecule has 0 bridgehead atoms. The van der Waals surface area contributed by atoms with Crippen LogP contribution in [-0.2, 0) is 0 Å². The molecule has 164 valence electrons. The number of benzene rings is 1. The van der Waals surface area contributed by atoms with Crippen molar-refractivity contribution in [3.05, 3.63) is 42.1 Å². The van der Waals surface area contributed by atoms with E-state index in [4.69, 9.17) is 21.1 Å². The Kier molecular flexibility index (Phi) is 4.86. The second kappa shape index (κ2) is 7.72. The van der Waals surface area contributed by atoms with E-state index < -0.39 is 0 Å². The molecule has 0 spiro atoms. The van der Waals surface area contributed by atoms with Gasteiger partial charge in [0.05, 0.1) is 16.8 Å². The van der Waals surface area contributed by atoms with Crippen molar-refractivity contribution in [3.63, 3.8) is 0 Å². The molecule has 1 atom stereocenters. The highest BCUT2D eigenvalue weighted by atomic mass is 16.6. The summed E-state index contributed by atoms with van der Waals surface area (Å²) in [4.78, 5) is 24.8. The van der Waals surface area contributed by atoms with Gasteiger partial charge in [0.25, 0.3) is 5.91 Å². The van der Waals surface area contributed by atoms with E-state index in [1.807, 2.05) is 48.7 Å². The van der Waals surface area contributed by atoms with Crippen LogP contribution < -0.4 is 11.5 Å². The Labute approximate surface area is 184 Å². The van der Waals surface area contributed by atoms with Crippen LogP contribution in [0.3, 0.4) is 0 Å². The van der Waals surface area contributed by atoms with Gasteiger partial charge in [0.15, 0.2) is 17.3 Å². The van der Waals surface area contributed by atoms with Gasteiger partial charge in [-0.1, -0.05) is 30.3 Å². The molecule has 1 aliphatic rings. The predicted molar refractivity (Wildman–Crippen MR) is 120 cm³/mol. The Morgan fingerprint density at radius 2 is 1.97 bits per heavy atom. The molecule has 1 unspecified atom stereocenters. The first kappa shape index (κ1) is 20.1. The lowest BCUT2D eigenvalue weighted by molar-refractivity contribution is 0.0792. The van der Waals surface area contributed by atoms with Crippen molar-refractivity contribution >= 4 is 22.8 Å². The van der Waals surface area contributed by atoms with Crippen LogP contribution in [0.15, 0.2) is 41.2 Å². The zero-order chi connectivity index (χ0) is 22.4. The molecule has 4 heterocycles. The summed E-state index contributed by atoms with van der Waals surface area (Å²) in [6.07, 6.45) is 2.41. The van der Waals surface area contributed by atoms with Gasteiger partial charge in [-0.25, -0.2) is 9.61 Å². The third kappa shape index (κ3) is 3.19. The maximum Gasteiger partial charge on any atom is 0.257 e. The quantitative estimate of drug-likeness (QED) is 0.501. The first-order valence-corrected chi connectivity index (χ1v) is 10.5. The molecule has 3 aromatic heterocycles. The summed E-state index contributed by atoms with van der Waals surface area (Å²) in [5.41, 5.74) is 15.7. The van der Waals surface area contributed by atoms with Gasteiger partial charge in [0.2, 0.25) is 0 Å². The van der Waals surface area contributed by atoms with E-state index in [1.165, 1.54) is 0 Å². The number of nitrogen functional groups attached to an aromatic ring is 1. The minimum atomic E-state index is -0.116. The Bertz CT molecular complexity index is 1290. The summed E-state index contributed by atoms with van der Waals surface area (Å²) in [6.45, 7) is 5.16. The number of rotatable bonds is 4. The van der Waals surface area contributed by atoms with E-state index in [-0.39, 0.29) is 23.8 Å². The normalized spacial score (nSPS) is 16.4. The molecule has 10 heteroatoms. The first-order chi connectivity index (χ1) is 15.5. The van der Waals surface area contributed by atoms with Crippen molar-refractivity contribution in [1.82, 2.24) is 29.7 Å². The molecule has 4 N–H and O–H groups in total. The highest BCUT2D eigenvalue weighted by molar-refractivity contribution is 6.08. The number of amides is 1. The summed E-state index contributed by atoms with van der Waals surface area (Å²) >= 11 is 0. The average molecular weight is 432 g/mol. The van der Waals surface area contributed by atoms with E-state index >= 15 is 0 Å². The SMILES string of the molecule is CC(C)n1c(-c2nonc2N)nc2c(-c3ccccc3)ncc(C(=O)N3CCC(N)C3)c21. The molecule has 10 nitrogen and oxygen atoms in total. The molecular weight excluding hydrogens is 408 g/mol. The number of likely N-dealkylation sites (tertiary alicyclic amines) is 1. The minimum Gasteiger partial charge on any atom is -0.379 e. The summed E-state index contributed by atoms with van der Waals surface area (Å²) < 4.78 is 6.78. The summed E-state index contributed by atoms with van der Waals surface area (Å²) in [6, 6.07) is 9.67. The smallest absolute Gasteiger partial charge is 0.257 e. The lowest BCUT2D eigenvalue weighted by Gasteiger charge is -2.19. The van der Waals surface area contributed by atoms with Crippen molar-refractivity contribution in [2.75, 3.05) is 18.8 Å². The molecule has 0 radical (unpaired) electrons. The van der Waals surface area contributed by atoms with E-state index in [1.54, 1.807) is 11.1 Å². The number of nitrogens with two attached hydrogens (primary N) is 2. The largest absolute Gasteiger partial charge is 0.379 e. The third-order valence-electron chi connectivity index (χ3n) is 5.74. The Morgan fingerprint density at radius 3 is 2.59 bits per heavy atom. The van der Waals surface area contributed by atoms with Gasteiger partial charge >= 0.3 is 0 Å².